The second kappa shape index (κ2) is 7.35. The van der Waals surface area contributed by atoms with Crippen LogP contribution in [0.1, 0.15) is 19.4 Å². The van der Waals surface area contributed by atoms with Gasteiger partial charge in [-0.25, -0.2) is 4.79 Å². The van der Waals surface area contributed by atoms with E-state index in [4.69, 9.17) is 0 Å². The third-order valence-electron chi connectivity index (χ3n) is 5.23. The van der Waals surface area contributed by atoms with Crippen molar-refractivity contribution in [3.8, 4) is 0 Å². The SMILES string of the molecule is CCN(Cc1ccccc1)C(=O)CN1CC2CN(C)C(=O)C(C)N2C1=O. The minimum Gasteiger partial charge on any atom is -0.342 e. The molecular weight excluding hydrogens is 332 g/mol. The lowest BCUT2D eigenvalue weighted by Crippen LogP contribution is -2.58. The smallest absolute Gasteiger partial charge is 0.321 e. The summed E-state index contributed by atoms with van der Waals surface area (Å²) in [6.45, 7) is 5.85. The van der Waals surface area contributed by atoms with E-state index in [1.54, 1.807) is 33.6 Å². The molecule has 0 saturated carbocycles. The van der Waals surface area contributed by atoms with E-state index in [1.165, 1.54) is 0 Å². The van der Waals surface area contributed by atoms with E-state index < -0.39 is 6.04 Å². The average molecular weight is 358 g/mol. The predicted molar refractivity (Wildman–Crippen MR) is 97.2 cm³/mol. The van der Waals surface area contributed by atoms with Gasteiger partial charge in [0.1, 0.15) is 12.6 Å². The standard InChI is InChI=1S/C19H26N4O3/c1-4-21(10-15-8-6-5-7-9-15)17(24)13-22-12-16-11-20(3)18(25)14(2)23(16)19(22)26/h5-9,14,16H,4,10-13H2,1-3H3. The van der Waals surface area contributed by atoms with Gasteiger partial charge >= 0.3 is 6.03 Å². The van der Waals surface area contributed by atoms with Gasteiger partial charge in [-0.1, -0.05) is 30.3 Å². The number of carbonyl (C=O) groups excluding carboxylic acids is 3. The molecule has 2 saturated heterocycles. The van der Waals surface area contributed by atoms with Gasteiger partial charge < -0.3 is 19.6 Å². The molecule has 0 aliphatic carbocycles. The van der Waals surface area contributed by atoms with Gasteiger partial charge in [0.25, 0.3) is 0 Å². The molecule has 2 aliphatic heterocycles. The Morgan fingerprint density at radius 2 is 1.88 bits per heavy atom. The molecule has 2 heterocycles. The maximum absolute atomic E-state index is 12.7. The van der Waals surface area contributed by atoms with E-state index in [9.17, 15) is 14.4 Å². The van der Waals surface area contributed by atoms with Crippen LogP contribution in [0, 0.1) is 0 Å². The third-order valence-corrected chi connectivity index (χ3v) is 5.23. The van der Waals surface area contributed by atoms with Crippen LogP contribution in [0.3, 0.4) is 0 Å². The number of carbonyl (C=O) groups is 3. The molecule has 0 spiro atoms. The highest BCUT2D eigenvalue weighted by molar-refractivity contribution is 5.91. The van der Waals surface area contributed by atoms with E-state index in [-0.39, 0.29) is 30.4 Å². The quantitative estimate of drug-likeness (QED) is 0.789. The van der Waals surface area contributed by atoms with Crippen molar-refractivity contribution in [3.05, 3.63) is 35.9 Å². The highest BCUT2D eigenvalue weighted by Gasteiger charge is 2.47. The summed E-state index contributed by atoms with van der Waals surface area (Å²) in [6.07, 6.45) is 0. The highest BCUT2D eigenvalue weighted by atomic mass is 16.2. The zero-order chi connectivity index (χ0) is 18.8. The topological polar surface area (TPSA) is 64.2 Å². The first-order valence-electron chi connectivity index (χ1n) is 9.06. The fraction of sp³-hybridized carbons (Fsp3) is 0.526. The molecule has 4 amide bonds. The Kier molecular flexibility index (Phi) is 5.15. The van der Waals surface area contributed by atoms with Crippen molar-refractivity contribution >= 4 is 17.8 Å². The van der Waals surface area contributed by atoms with E-state index in [0.717, 1.165) is 5.56 Å². The van der Waals surface area contributed by atoms with Gasteiger partial charge in [-0.2, -0.15) is 0 Å². The Bertz CT molecular complexity index is 693. The number of fused-ring (bicyclic) bond motifs is 1. The van der Waals surface area contributed by atoms with E-state index in [1.807, 2.05) is 37.3 Å². The van der Waals surface area contributed by atoms with Crippen LogP contribution in [0.2, 0.25) is 0 Å². The Morgan fingerprint density at radius 3 is 2.54 bits per heavy atom. The number of hydrogen-bond acceptors (Lipinski definition) is 3. The lowest BCUT2D eigenvalue weighted by molar-refractivity contribution is -0.139. The monoisotopic (exact) mass is 358 g/mol. The maximum atomic E-state index is 12.7. The van der Waals surface area contributed by atoms with Gasteiger partial charge in [-0.15, -0.1) is 0 Å². The lowest BCUT2D eigenvalue weighted by Gasteiger charge is -2.38. The second-order valence-electron chi connectivity index (χ2n) is 7.01. The number of nitrogens with zero attached hydrogens (tertiary/aromatic N) is 4. The van der Waals surface area contributed by atoms with Crippen molar-refractivity contribution in [1.82, 2.24) is 19.6 Å². The fourth-order valence-corrected chi connectivity index (χ4v) is 3.79. The summed E-state index contributed by atoms with van der Waals surface area (Å²) >= 11 is 0. The largest absolute Gasteiger partial charge is 0.342 e. The molecule has 7 heteroatoms. The molecule has 2 aliphatic rings. The van der Waals surface area contributed by atoms with Crippen LogP contribution in [-0.2, 0) is 16.1 Å². The zero-order valence-electron chi connectivity index (χ0n) is 15.6. The lowest BCUT2D eigenvalue weighted by atomic mass is 10.1. The van der Waals surface area contributed by atoms with Crippen LogP contribution in [0.25, 0.3) is 0 Å². The molecule has 0 radical (unpaired) electrons. The van der Waals surface area contributed by atoms with Crippen molar-refractivity contribution in [2.75, 3.05) is 33.2 Å². The van der Waals surface area contributed by atoms with Gasteiger partial charge in [0.15, 0.2) is 0 Å². The highest BCUT2D eigenvalue weighted by Crippen LogP contribution is 2.25. The van der Waals surface area contributed by atoms with Crippen LogP contribution in [-0.4, -0.2) is 82.8 Å². The summed E-state index contributed by atoms with van der Waals surface area (Å²) in [4.78, 5) is 44.2. The first kappa shape index (κ1) is 18.2. The average Bonchev–Trinajstić information content (AvgIpc) is 2.93. The van der Waals surface area contributed by atoms with E-state index >= 15 is 0 Å². The van der Waals surface area contributed by atoms with Crippen molar-refractivity contribution in [1.29, 1.82) is 0 Å². The molecule has 3 rings (SSSR count). The van der Waals surface area contributed by atoms with Crippen LogP contribution in [0.5, 0.6) is 0 Å². The number of likely N-dealkylation sites (N-methyl/N-ethyl adjacent to an activating group) is 2. The number of rotatable bonds is 5. The van der Waals surface area contributed by atoms with Crippen LogP contribution in [0.15, 0.2) is 30.3 Å². The van der Waals surface area contributed by atoms with Gasteiger partial charge in [-0.3, -0.25) is 9.59 Å². The van der Waals surface area contributed by atoms with Gasteiger partial charge in [0.05, 0.1) is 6.04 Å². The molecule has 1 aromatic carbocycles. The number of benzene rings is 1. The van der Waals surface area contributed by atoms with Crippen molar-refractivity contribution < 1.29 is 14.4 Å². The number of urea groups is 1. The van der Waals surface area contributed by atoms with Crippen LogP contribution < -0.4 is 0 Å². The van der Waals surface area contributed by atoms with E-state index in [2.05, 4.69) is 0 Å². The molecular formula is C19H26N4O3. The van der Waals surface area contributed by atoms with Gasteiger partial charge in [0, 0.05) is 33.2 Å². The Morgan fingerprint density at radius 1 is 1.19 bits per heavy atom. The van der Waals surface area contributed by atoms with Gasteiger partial charge in [-0.05, 0) is 19.4 Å². The van der Waals surface area contributed by atoms with Crippen molar-refractivity contribution in [2.45, 2.75) is 32.5 Å². The van der Waals surface area contributed by atoms with Crippen LogP contribution >= 0.6 is 0 Å². The molecule has 0 aromatic heterocycles. The molecule has 0 N–H and O–H groups in total. The normalized spacial score (nSPS) is 22.7. The summed E-state index contributed by atoms with van der Waals surface area (Å²) in [6, 6.07) is 9.08. The molecule has 26 heavy (non-hydrogen) atoms. The number of hydrogen-bond donors (Lipinski definition) is 0. The minimum atomic E-state index is -0.474. The third kappa shape index (κ3) is 3.38. The first-order valence-corrected chi connectivity index (χ1v) is 9.06. The Hall–Kier alpha value is -2.57. The second-order valence-corrected chi connectivity index (χ2v) is 7.01. The Labute approximate surface area is 154 Å². The minimum absolute atomic E-state index is 0.0443. The molecule has 1 aromatic rings. The zero-order valence-corrected chi connectivity index (χ0v) is 15.6. The number of piperazine rings is 1. The van der Waals surface area contributed by atoms with E-state index in [0.29, 0.717) is 26.2 Å². The Balaban J connectivity index is 1.65. The van der Waals surface area contributed by atoms with Crippen molar-refractivity contribution in [2.24, 2.45) is 0 Å². The molecule has 2 atom stereocenters. The summed E-state index contributed by atoms with van der Waals surface area (Å²) in [5, 5.41) is 0. The van der Waals surface area contributed by atoms with Gasteiger partial charge in [0.2, 0.25) is 11.8 Å². The first-order chi connectivity index (χ1) is 12.4. The molecule has 0 bridgehead atoms. The maximum Gasteiger partial charge on any atom is 0.321 e. The van der Waals surface area contributed by atoms with Crippen LogP contribution in [0.4, 0.5) is 4.79 Å². The molecule has 140 valence electrons. The summed E-state index contributed by atoms with van der Waals surface area (Å²) in [5.74, 6) is -0.126. The summed E-state index contributed by atoms with van der Waals surface area (Å²) < 4.78 is 0. The molecule has 7 nitrogen and oxygen atoms in total. The number of amides is 4. The van der Waals surface area contributed by atoms with Crippen molar-refractivity contribution in [3.63, 3.8) is 0 Å². The summed E-state index contributed by atoms with van der Waals surface area (Å²) in [7, 11) is 1.76. The molecule has 2 fully saturated rings. The summed E-state index contributed by atoms with van der Waals surface area (Å²) in [5.41, 5.74) is 1.06. The predicted octanol–water partition coefficient (Wildman–Crippen LogP) is 1.00. The molecule has 2 unspecified atom stereocenters. The fourth-order valence-electron chi connectivity index (χ4n) is 3.79.